The number of fused-ring (bicyclic) bond motifs is 5. The predicted octanol–water partition coefficient (Wildman–Crippen LogP) is 1.49. The highest BCUT2D eigenvalue weighted by Gasteiger charge is 2.65. The number of amides is 2. The van der Waals surface area contributed by atoms with Crippen LogP contribution in [0.2, 0.25) is 0 Å². The summed E-state index contributed by atoms with van der Waals surface area (Å²) in [6, 6.07) is -0.00745. The second-order valence-corrected chi connectivity index (χ2v) is 19.5. The molecule has 4 saturated carbocycles. The lowest BCUT2D eigenvalue weighted by molar-refractivity contribution is -0.202. The zero-order valence-electron chi connectivity index (χ0n) is 37.3. The van der Waals surface area contributed by atoms with Gasteiger partial charge in [0.2, 0.25) is 11.8 Å². The fourth-order valence-electron chi connectivity index (χ4n) is 12.2. The smallest absolute Gasteiger partial charge is 0.317 e. The number of rotatable bonds is 27. The van der Waals surface area contributed by atoms with Crippen molar-refractivity contribution >= 4 is 41.7 Å². The predicted molar refractivity (Wildman–Crippen MR) is 227 cm³/mol. The molecule has 4 aliphatic rings. The molecule has 4 aliphatic carbocycles. The minimum absolute atomic E-state index is 0.00745. The molecule has 0 aromatic heterocycles. The Balaban J connectivity index is 1.21. The molecule has 0 spiro atoms. The maximum atomic E-state index is 13.1. The monoisotopic (exact) mass is 896 g/mol. The average Bonchev–Trinajstić information content (AvgIpc) is 3.54. The number of carbonyl (C=O) groups excluding carboxylic acids is 2. The topological polar surface area (TPSA) is 295 Å². The van der Waals surface area contributed by atoms with Gasteiger partial charge in [0.05, 0.1) is 44.9 Å². The van der Waals surface area contributed by atoms with Crippen molar-refractivity contribution in [2.45, 2.75) is 122 Å². The molecular formula is C44H73N5O14. The number of hydrogen-bond donors (Lipinski definition) is 9. The molecular weight excluding hydrogens is 823 g/mol. The van der Waals surface area contributed by atoms with Gasteiger partial charge >= 0.3 is 29.8 Å². The standard InChI is InChI=1S/C44H73N5O14/c1-27(8-11-37(54)55)30-9-10-31-42-32(21-34(51)44(30,31)3)43(2)13-12-29(19-28(43)20-33(42)50)46-35(52)7-5-4-6-14-45-36(53)22-47(15-17-48(23-38(56)57)24-39(58)59)16-18-49(25-40(60)61)26-41(62)63/h27-34,42,50-51H,4-26H2,1-3H3,(H,45,53)(H,46,52)(H,54,55)(H,56,57)(H,58,59)(H,60,61)(H,62,63)/t27?,28?,29-,30+,31?,32?,33?,34-,42?,43-,44+/m0/s1. The van der Waals surface area contributed by atoms with Crippen LogP contribution in [0.3, 0.4) is 0 Å². The molecule has 6 unspecified atom stereocenters. The van der Waals surface area contributed by atoms with Crippen molar-refractivity contribution in [2.75, 3.05) is 65.4 Å². The first-order chi connectivity index (χ1) is 29.6. The van der Waals surface area contributed by atoms with E-state index in [1.807, 2.05) is 0 Å². The molecule has 19 heteroatoms. The van der Waals surface area contributed by atoms with Crippen LogP contribution in [-0.4, -0.2) is 176 Å². The molecule has 0 saturated heterocycles. The first-order valence-corrected chi connectivity index (χ1v) is 22.8. The van der Waals surface area contributed by atoms with Crippen LogP contribution in [0.25, 0.3) is 0 Å². The Hall–Kier alpha value is -3.91. The quantitative estimate of drug-likeness (QED) is 0.0528. The van der Waals surface area contributed by atoms with Gasteiger partial charge in [-0.25, -0.2) is 0 Å². The van der Waals surface area contributed by atoms with E-state index in [-0.39, 0.29) is 103 Å². The number of carboxylic acids is 5. The van der Waals surface area contributed by atoms with E-state index in [0.29, 0.717) is 51.5 Å². The number of aliphatic hydroxyl groups excluding tert-OH is 2. The lowest BCUT2D eigenvalue weighted by Gasteiger charge is -2.63. The highest BCUT2D eigenvalue weighted by Crippen LogP contribution is 2.68. The fourth-order valence-corrected chi connectivity index (χ4v) is 12.2. The van der Waals surface area contributed by atoms with Gasteiger partial charge in [0.1, 0.15) is 0 Å². The van der Waals surface area contributed by atoms with Crippen LogP contribution in [0.5, 0.6) is 0 Å². The van der Waals surface area contributed by atoms with E-state index in [2.05, 4.69) is 31.4 Å². The molecule has 11 atom stereocenters. The van der Waals surface area contributed by atoms with Gasteiger partial charge in [0.15, 0.2) is 0 Å². The summed E-state index contributed by atoms with van der Waals surface area (Å²) in [6.07, 6.45) is 7.50. The molecule has 0 radical (unpaired) electrons. The third-order valence-corrected chi connectivity index (χ3v) is 15.4. The van der Waals surface area contributed by atoms with Crippen LogP contribution >= 0.6 is 0 Å². The van der Waals surface area contributed by atoms with E-state index in [1.54, 1.807) is 4.90 Å². The minimum atomic E-state index is -1.23. The van der Waals surface area contributed by atoms with Crippen LogP contribution in [0.1, 0.15) is 104 Å². The number of nitrogens with one attached hydrogen (secondary N) is 2. The Morgan fingerprint density at radius 2 is 1.21 bits per heavy atom. The summed E-state index contributed by atoms with van der Waals surface area (Å²) >= 11 is 0. The van der Waals surface area contributed by atoms with E-state index in [1.165, 1.54) is 9.80 Å². The number of hydrogen-bond acceptors (Lipinski definition) is 12. The Bertz CT molecular complexity index is 1550. The van der Waals surface area contributed by atoms with Gasteiger partial charge < -0.3 is 46.4 Å². The first-order valence-electron chi connectivity index (χ1n) is 22.8. The largest absolute Gasteiger partial charge is 0.481 e. The summed E-state index contributed by atoms with van der Waals surface area (Å²) in [5, 5.41) is 75.8. The molecule has 19 nitrogen and oxygen atoms in total. The Kier molecular flexibility index (Phi) is 19.2. The van der Waals surface area contributed by atoms with Crippen molar-refractivity contribution in [1.29, 1.82) is 0 Å². The minimum Gasteiger partial charge on any atom is -0.481 e. The number of carboxylic acid groups (broad SMARTS) is 5. The van der Waals surface area contributed by atoms with Gasteiger partial charge in [-0.2, -0.15) is 0 Å². The average molecular weight is 896 g/mol. The van der Waals surface area contributed by atoms with Gasteiger partial charge in [0.25, 0.3) is 0 Å². The normalized spacial score (nSPS) is 30.5. The molecule has 0 aromatic rings. The highest BCUT2D eigenvalue weighted by atomic mass is 16.4. The molecule has 0 aliphatic heterocycles. The molecule has 0 heterocycles. The molecule has 4 fully saturated rings. The number of carbonyl (C=O) groups is 7. The van der Waals surface area contributed by atoms with Crippen molar-refractivity contribution in [1.82, 2.24) is 25.3 Å². The lowest BCUT2D eigenvalue weighted by atomic mass is 9.43. The zero-order chi connectivity index (χ0) is 46.6. The van der Waals surface area contributed by atoms with Gasteiger partial charge in [-0.1, -0.05) is 27.2 Å². The van der Waals surface area contributed by atoms with Gasteiger partial charge in [-0.15, -0.1) is 0 Å². The summed E-state index contributed by atoms with van der Waals surface area (Å²) in [5.41, 5.74) is -0.425. The summed E-state index contributed by atoms with van der Waals surface area (Å²) in [6.45, 7) is 4.62. The SMILES string of the molecule is CC(CCC(=O)O)[C@H]1CCC2C3C(O)CC4C[C@@H](NC(=O)CCCCCNC(=O)CN(CCN(CC(=O)O)CC(=O)O)CCN(CC(=O)O)CC(=O)O)CC[C@]4(C)C3C[C@H](O)[C@@]21C. The van der Waals surface area contributed by atoms with Crippen molar-refractivity contribution in [3.8, 4) is 0 Å². The Labute approximate surface area is 369 Å². The molecule has 358 valence electrons. The number of nitrogens with zero attached hydrogens (tertiary/aromatic N) is 3. The van der Waals surface area contributed by atoms with Gasteiger partial charge in [0, 0.05) is 51.6 Å². The molecule has 9 N–H and O–H groups in total. The summed E-state index contributed by atoms with van der Waals surface area (Å²) in [7, 11) is 0. The van der Waals surface area contributed by atoms with Crippen LogP contribution in [0, 0.1) is 46.3 Å². The van der Waals surface area contributed by atoms with Crippen molar-refractivity contribution < 1.29 is 69.3 Å². The first kappa shape index (κ1) is 51.7. The van der Waals surface area contributed by atoms with Crippen molar-refractivity contribution in [3.05, 3.63) is 0 Å². The summed E-state index contributed by atoms with van der Waals surface area (Å²) in [5.74, 6) is -5.14. The lowest BCUT2D eigenvalue weighted by Crippen LogP contribution is -2.63. The fraction of sp³-hybridized carbons (Fsp3) is 0.841. The third kappa shape index (κ3) is 14.3. The van der Waals surface area contributed by atoms with E-state index < -0.39 is 68.2 Å². The van der Waals surface area contributed by atoms with E-state index in [4.69, 9.17) is 0 Å². The molecule has 0 aromatic carbocycles. The van der Waals surface area contributed by atoms with E-state index >= 15 is 0 Å². The second kappa shape index (κ2) is 23.3. The number of aliphatic carboxylic acids is 5. The van der Waals surface area contributed by atoms with E-state index in [0.717, 1.165) is 32.1 Å². The molecule has 0 bridgehead atoms. The summed E-state index contributed by atoms with van der Waals surface area (Å²) in [4.78, 5) is 86.4. The van der Waals surface area contributed by atoms with Gasteiger partial charge in [-0.3, -0.25) is 48.3 Å². The van der Waals surface area contributed by atoms with Crippen LogP contribution in [-0.2, 0) is 33.6 Å². The van der Waals surface area contributed by atoms with Crippen molar-refractivity contribution in [2.24, 2.45) is 46.3 Å². The molecule has 63 heavy (non-hydrogen) atoms. The molecule has 4 rings (SSSR count). The van der Waals surface area contributed by atoms with Gasteiger partial charge in [-0.05, 0) is 111 Å². The van der Waals surface area contributed by atoms with Crippen LogP contribution in [0.15, 0.2) is 0 Å². The molecule has 2 amide bonds. The number of unbranched alkanes of at least 4 members (excludes halogenated alkanes) is 2. The summed E-state index contributed by atoms with van der Waals surface area (Å²) < 4.78 is 0. The van der Waals surface area contributed by atoms with Crippen molar-refractivity contribution in [3.63, 3.8) is 0 Å². The highest BCUT2D eigenvalue weighted by molar-refractivity contribution is 5.78. The zero-order valence-corrected chi connectivity index (χ0v) is 37.3. The maximum Gasteiger partial charge on any atom is 0.317 e. The van der Waals surface area contributed by atoms with E-state index in [9.17, 15) is 69.3 Å². The Morgan fingerprint density at radius 3 is 1.76 bits per heavy atom. The Morgan fingerprint density at radius 1 is 0.635 bits per heavy atom. The third-order valence-electron chi connectivity index (χ3n) is 15.4. The second-order valence-electron chi connectivity index (χ2n) is 19.5. The number of aliphatic hydroxyl groups is 2. The van der Waals surface area contributed by atoms with Crippen LogP contribution in [0.4, 0.5) is 0 Å². The van der Waals surface area contributed by atoms with Crippen LogP contribution < -0.4 is 10.6 Å². The maximum absolute atomic E-state index is 13.1.